The lowest BCUT2D eigenvalue weighted by Gasteiger charge is -1.74. The molecular formula is C6H5N3O. The fourth-order valence-electron chi connectivity index (χ4n) is 0.824. The SMILES string of the molecule is N=Cc1nc2cc[nH]c2o1. The molecule has 0 aliphatic heterocycles. The van der Waals surface area contributed by atoms with Gasteiger partial charge in [0.05, 0.1) is 6.21 Å². The second-order valence-electron chi connectivity index (χ2n) is 1.89. The van der Waals surface area contributed by atoms with Crippen molar-refractivity contribution >= 4 is 17.4 Å². The molecule has 4 heteroatoms. The van der Waals surface area contributed by atoms with E-state index in [0.29, 0.717) is 11.6 Å². The van der Waals surface area contributed by atoms with Crippen molar-refractivity contribution in [3.63, 3.8) is 0 Å². The average Bonchev–Trinajstić information content (AvgIpc) is 2.42. The van der Waals surface area contributed by atoms with Crippen molar-refractivity contribution in [1.29, 1.82) is 5.41 Å². The summed E-state index contributed by atoms with van der Waals surface area (Å²) in [6.07, 6.45) is 2.82. The van der Waals surface area contributed by atoms with Crippen molar-refractivity contribution in [3.8, 4) is 0 Å². The highest BCUT2D eigenvalue weighted by atomic mass is 16.4. The summed E-state index contributed by atoms with van der Waals surface area (Å²) in [5, 5.41) is 6.82. The van der Waals surface area contributed by atoms with Crippen molar-refractivity contribution in [2.45, 2.75) is 0 Å². The first-order valence-corrected chi connectivity index (χ1v) is 2.84. The van der Waals surface area contributed by atoms with Crippen LogP contribution in [0, 0.1) is 5.41 Å². The summed E-state index contributed by atoms with van der Waals surface area (Å²) in [7, 11) is 0. The van der Waals surface area contributed by atoms with Crippen LogP contribution in [0.1, 0.15) is 5.89 Å². The predicted molar refractivity (Wildman–Crippen MR) is 36.2 cm³/mol. The molecule has 2 heterocycles. The number of aromatic amines is 1. The number of rotatable bonds is 1. The molecule has 0 aliphatic carbocycles. The Balaban J connectivity index is 2.78. The number of aromatic nitrogens is 2. The number of nitrogens with one attached hydrogen (secondary N) is 2. The minimum absolute atomic E-state index is 0.335. The molecular weight excluding hydrogens is 130 g/mol. The lowest BCUT2D eigenvalue weighted by molar-refractivity contribution is 0.582. The van der Waals surface area contributed by atoms with Gasteiger partial charge in [0.2, 0.25) is 11.6 Å². The molecule has 2 aromatic rings. The van der Waals surface area contributed by atoms with Gasteiger partial charge >= 0.3 is 0 Å². The number of nitrogens with zero attached hydrogens (tertiary/aromatic N) is 1. The average molecular weight is 135 g/mol. The summed E-state index contributed by atoms with van der Waals surface area (Å²) in [6, 6.07) is 1.80. The van der Waals surface area contributed by atoms with E-state index in [9.17, 15) is 0 Å². The van der Waals surface area contributed by atoms with Crippen LogP contribution in [0.15, 0.2) is 16.7 Å². The molecule has 0 aliphatic rings. The van der Waals surface area contributed by atoms with E-state index in [1.807, 2.05) is 0 Å². The Hall–Kier alpha value is -1.58. The number of hydrogen-bond donors (Lipinski definition) is 2. The van der Waals surface area contributed by atoms with Crippen LogP contribution in [-0.4, -0.2) is 16.2 Å². The molecule has 4 nitrogen and oxygen atoms in total. The van der Waals surface area contributed by atoms with Gasteiger partial charge in [-0.3, -0.25) is 0 Å². The number of hydrogen-bond acceptors (Lipinski definition) is 3. The van der Waals surface area contributed by atoms with Gasteiger partial charge in [0.1, 0.15) is 5.52 Å². The molecule has 0 bridgehead atoms. The highest BCUT2D eigenvalue weighted by Crippen LogP contribution is 2.10. The second-order valence-corrected chi connectivity index (χ2v) is 1.89. The Morgan fingerprint density at radius 2 is 2.60 bits per heavy atom. The maximum Gasteiger partial charge on any atom is 0.239 e. The van der Waals surface area contributed by atoms with Crippen molar-refractivity contribution in [1.82, 2.24) is 9.97 Å². The van der Waals surface area contributed by atoms with Crippen LogP contribution in [0.25, 0.3) is 11.2 Å². The summed E-state index contributed by atoms with van der Waals surface area (Å²) >= 11 is 0. The summed E-state index contributed by atoms with van der Waals surface area (Å²) in [6.45, 7) is 0. The van der Waals surface area contributed by atoms with Crippen LogP contribution in [0.3, 0.4) is 0 Å². The molecule has 0 amide bonds. The van der Waals surface area contributed by atoms with E-state index in [2.05, 4.69) is 9.97 Å². The van der Waals surface area contributed by atoms with Gasteiger partial charge in [-0.15, -0.1) is 0 Å². The molecule has 0 radical (unpaired) electrons. The Bertz CT molecular complexity index is 331. The first-order chi connectivity index (χ1) is 4.90. The second kappa shape index (κ2) is 1.70. The highest BCUT2D eigenvalue weighted by Gasteiger charge is 2.01. The molecule has 2 rings (SSSR count). The molecule has 2 N–H and O–H groups in total. The van der Waals surface area contributed by atoms with Crippen LogP contribution < -0.4 is 0 Å². The molecule has 50 valence electrons. The van der Waals surface area contributed by atoms with Gasteiger partial charge in [0.25, 0.3) is 0 Å². The van der Waals surface area contributed by atoms with Gasteiger partial charge in [0.15, 0.2) is 0 Å². The van der Waals surface area contributed by atoms with E-state index >= 15 is 0 Å². The molecule has 0 spiro atoms. The first-order valence-electron chi connectivity index (χ1n) is 2.84. The molecule has 0 unspecified atom stereocenters. The molecule has 0 aromatic carbocycles. The lowest BCUT2D eigenvalue weighted by Crippen LogP contribution is -1.74. The number of H-pyrrole nitrogens is 1. The van der Waals surface area contributed by atoms with E-state index in [1.54, 1.807) is 12.3 Å². The zero-order valence-corrected chi connectivity index (χ0v) is 5.09. The predicted octanol–water partition coefficient (Wildman–Crippen LogP) is 1.15. The summed E-state index contributed by atoms with van der Waals surface area (Å²) in [5.74, 6) is 0.335. The van der Waals surface area contributed by atoms with E-state index in [1.165, 1.54) is 0 Å². The fourth-order valence-corrected chi connectivity index (χ4v) is 0.824. The van der Waals surface area contributed by atoms with Crippen LogP contribution >= 0.6 is 0 Å². The van der Waals surface area contributed by atoms with Crippen LogP contribution in [0.5, 0.6) is 0 Å². The van der Waals surface area contributed by atoms with Crippen molar-refractivity contribution in [2.75, 3.05) is 0 Å². The molecule has 0 saturated carbocycles. The maximum absolute atomic E-state index is 6.82. The van der Waals surface area contributed by atoms with Gasteiger partial charge < -0.3 is 14.8 Å². The normalized spacial score (nSPS) is 10.4. The van der Waals surface area contributed by atoms with Gasteiger partial charge in [-0.1, -0.05) is 0 Å². The van der Waals surface area contributed by atoms with Crippen LogP contribution in [-0.2, 0) is 0 Å². The zero-order chi connectivity index (χ0) is 6.97. The standard InChI is InChI=1S/C6H5N3O/c7-3-5-9-4-1-2-8-6(4)10-5/h1-3,7-8H. The summed E-state index contributed by atoms with van der Waals surface area (Å²) in [4.78, 5) is 6.79. The third-order valence-electron chi connectivity index (χ3n) is 1.25. The number of fused-ring (bicyclic) bond motifs is 1. The number of oxazole rings is 1. The highest BCUT2D eigenvalue weighted by molar-refractivity contribution is 5.77. The zero-order valence-electron chi connectivity index (χ0n) is 5.09. The van der Waals surface area contributed by atoms with Crippen molar-refractivity contribution in [2.24, 2.45) is 0 Å². The molecule has 2 aromatic heterocycles. The van der Waals surface area contributed by atoms with E-state index in [0.717, 1.165) is 11.7 Å². The quantitative estimate of drug-likeness (QED) is 0.576. The monoisotopic (exact) mass is 135 g/mol. The third kappa shape index (κ3) is 0.556. The minimum Gasteiger partial charge on any atom is -0.419 e. The van der Waals surface area contributed by atoms with Crippen molar-refractivity contribution < 1.29 is 4.42 Å². The van der Waals surface area contributed by atoms with Gasteiger partial charge in [0, 0.05) is 6.20 Å². The third-order valence-corrected chi connectivity index (χ3v) is 1.25. The molecule has 0 atom stereocenters. The van der Waals surface area contributed by atoms with E-state index in [-0.39, 0.29) is 0 Å². The lowest BCUT2D eigenvalue weighted by atomic mass is 10.6. The van der Waals surface area contributed by atoms with Crippen molar-refractivity contribution in [3.05, 3.63) is 18.2 Å². The molecule has 10 heavy (non-hydrogen) atoms. The van der Waals surface area contributed by atoms with E-state index < -0.39 is 0 Å². The smallest absolute Gasteiger partial charge is 0.239 e. The summed E-state index contributed by atoms with van der Waals surface area (Å²) in [5.41, 5.74) is 1.39. The van der Waals surface area contributed by atoms with Gasteiger partial charge in [-0.25, -0.2) is 4.98 Å². The largest absolute Gasteiger partial charge is 0.419 e. The Kier molecular flexibility index (Phi) is 0.887. The maximum atomic E-state index is 6.82. The minimum atomic E-state index is 0.335. The first kappa shape index (κ1) is 5.22. The fraction of sp³-hybridized carbons (Fsp3) is 0. The molecule has 0 saturated heterocycles. The van der Waals surface area contributed by atoms with Crippen LogP contribution in [0.2, 0.25) is 0 Å². The van der Waals surface area contributed by atoms with Gasteiger partial charge in [-0.2, -0.15) is 0 Å². The summed E-state index contributed by atoms with van der Waals surface area (Å²) < 4.78 is 5.05. The van der Waals surface area contributed by atoms with Crippen LogP contribution in [0.4, 0.5) is 0 Å². The Labute approximate surface area is 56.4 Å². The molecule has 0 fully saturated rings. The Morgan fingerprint density at radius 3 is 3.30 bits per heavy atom. The van der Waals surface area contributed by atoms with Gasteiger partial charge in [-0.05, 0) is 6.07 Å². The topological polar surface area (TPSA) is 65.7 Å². The Morgan fingerprint density at radius 1 is 1.70 bits per heavy atom. The van der Waals surface area contributed by atoms with E-state index in [4.69, 9.17) is 9.83 Å².